The molecule has 0 aromatic carbocycles. The summed E-state index contributed by atoms with van der Waals surface area (Å²) in [6, 6.07) is -3.78. The van der Waals surface area contributed by atoms with Crippen molar-refractivity contribution in [2.75, 3.05) is 6.54 Å². The standard InChI is InChI=1S/C15H26N4O7/c1-4-7(2)12(15(25)26)19-14(24)9(5-11(21)22)18-13(23)8(3)17-10(20)6-16/h7-9,12H,4-6,16H2,1-3H3,(H,17,20)(H,18,23)(H,19,24)(H,21,22)(H,25,26). The molecule has 26 heavy (non-hydrogen) atoms. The zero-order valence-corrected chi connectivity index (χ0v) is 14.9. The van der Waals surface area contributed by atoms with Crippen LogP contribution in [0, 0.1) is 5.92 Å². The molecule has 148 valence electrons. The van der Waals surface area contributed by atoms with Gasteiger partial charge in [-0.3, -0.25) is 19.2 Å². The predicted molar refractivity (Wildman–Crippen MR) is 89.9 cm³/mol. The van der Waals surface area contributed by atoms with Gasteiger partial charge in [0.2, 0.25) is 17.7 Å². The number of rotatable bonds is 11. The van der Waals surface area contributed by atoms with Crippen molar-refractivity contribution in [1.82, 2.24) is 16.0 Å². The zero-order valence-electron chi connectivity index (χ0n) is 14.9. The summed E-state index contributed by atoms with van der Waals surface area (Å²) in [5.41, 5.74) is 5.12. The molecule has 0 radical (unpaired) electrons. The number of amides is 3. The lowest BCUT2D eigenvalue weighted by molar-refractivity contribution is -0.144. The first-order chi connectivity index (χ1) is 12.0. The number of carbonyl (C=O) groups excluding carboxylic acids is 3. The number of carboxylic acid groups (broad SMARTS) is 2. The topological polar surface area (TPSA) is 188 Å². The maximum Gasteiger partial charge on any atom is 0.326 e. The van der Waals surface area contributed by atoms with Gasteiger partial charge in [-0.2, -0.15) is 0 Å². The molecule has 11 heteroatoms. The normalized spacial score (nSPS) is 15.1. The van der Waals surface area contributed by atoms with Gasteiger partial charge < -0.3 is 31.9 Å². The van der Waals surface area contributed by atoms with Crippen LogP contribution >= 0.6 is 0 Å². The Morgan fingerprint density at radius 2 is 1.54 bits per heavy atom. The van der Waals surface area contributed by atoms with Crippen molar-refractivity contribution in [2.45, 2.75) is 51.7 Å². The Hall–Kier alpha value is -2.69. The van der Waals surface area contributed by atoms with Gasteiger partial charge in [0.15, 0.2) is 0 Å². The smallest absolute Gasteiger partial charge is 0.326 e. The minimum atomic E-state index is -1.50. The fourth-order valence-corrected chi connectivity index (χ4v) is 1.98. The average Bonchev–Trinajstić information content (AvgIpc) is 2.56. The lowest BCUT2D eigenvalue weighted by Gasteiger charge is -2.24. The molecule has 0 saturated carbocycles. The van der Waals surface area contributed by atoms with Gasteiger partial charge >= 0.3 is 11.9 Å². The highest BCUT2D eigenvalue weighted by atomic mass is 16.4. The van der Waals surface area contributed by atoms with E-state index < -0.39 is 60.1 Å². The van der Waals surface area contributed by atoms with E-state index in [1.807, 2.05) is 0 Å². The first-order valence-electron chi connectivity index (χ1n) is 8.08. The Kier molecular flexibility index (Phi) is 9.89. The van der Waals surface area contributed by atoms with Gasteiger partial charge in [-0.25, -0.2) is 4.79 Å². The Morgan fingerprint density at radius 1 is 0.962 bits per heavy atom. The van der Waals surface area contributed by atoms with E-state index in [2.05, 4.69) is 16.0 Å². The number of nitrogens with two attached hydrogens (primary N) is 1. The summed E-state index contributed by atoms with van der Waals surface area (Å²) in [7, 11) is 0. The van der Waals surface area contributed by atoms with Crippen molar-refractivity contribution in [3.8, 4) is 0 Å². The lowest BCUT2D eigenvalue weighted by Crippen LogP contribution is -2.56. The highest BCUT2D eigenvalue weighted by Gasteiger charge is 2.31. The molecule has 0 aliphatic heterocycles. The highest BCUT2D eigenvalue weighted by Crippen LogP contribution is 2.09. The van der Waals surface area contributed by atoms with Crippen molar-refractivity contribution in [1.29, 1.82) is 0 Å². The van der Waals surface area contributed by atoms with E-state index in [1.54, 1.807) is 13.8 Å². The Labute approximate surface area is 150 Å². The lowest BCUT2D eigenvalue weighted by atomic mass is 9.98. The average molecular weight is 374 g/mol. The van der Waals surface area contributed by atoms with Crippen LogP contribution in [-0.2, 0) is 24.0 Å². The number of aliphatic carboxylic acids is 2. The van der Waals surface area contributed by atoms with Gasteiger partial charge in [-0.15, -0.1) is 0 Å². The fraction of sp³-hybridized carbons (Fsp3) is 0.667. The van der Waals surface area contributed by atoms with Gasteiger partial charge in [0.25, 0.3) is 0 Å². The van der Waals surface area contributed by atoms with Crippen molar-refractivity contribution in [3.05, 3.63) is 0 Å². The number of nitrogens with one attached hydrogen (secondary N) is 3. The van der Waals surface area contributed by atoms with Crippen LogP contribution in [0.15, 0.2) is 0 Å². The number of hydrogen-bond acceptors (Lipinski definition) is 6. The molecule has 0 heterocycles. The molecule has 0 aromatic heterocycles. The van der Waals surface area contributed by atoms with Gasteiger partial charge in [0.05, 0.1) is 13.0 Å². The maximum atomic E-state index is 12.3. The summed E-state index contributed by atoms with van der Waals surface area (Å²) in [5.74, 6) is -5.37. The monoisotopic (exact) mass is 374 g/mol. The largest absolute Gasteiger partial charge is 0.481 e. The van der Waals surface area contributed by atoms with Crippen molar-refractivity contribution < 1.29 is 34.2 Å². The molecule has 4 atom stereocenters. The van der Waals surface area contributed by atoms with E-state index in [0.717, 1.165) is 0 Å². The van der Waals surface area contributed by atoms with E-state index in [-0.39, 0.29) is 6.54 Å². The summed E-state index contributed by atoms with van der Waals surface area (Å²) in [5, 5.41) is 24.8. The molecule has 4 unspecified atom stereocenters. The Balaban J connectivity index is 5.14. The van der Waals surface area contributed by atoms with E-state index in [1.165, 1.54) is 6.92 Å². The summed E-state index contributed by atoms with van der Waals surface area (Å²) in [6.45, 7) is 4.35. The molecule has 0 aliphatic carbocycles. The van der Waals surface area contributed by atoms with Crippen molar-refractivity contribution in [2.24, 2.45) is 11.7 Å². The molecule has 7 N–H and O–H groups in total. The van der Waals surface area contributed by atoms with E-state index in [0.29, 0.717) is 6.42 Å². The number of carbonyl (C=O) groups is 5. The number of carboxylic acids is 2. The zero-order chi connectivity index (χ0) is 20.4. The molecule has 0 aliphatic rings. The first kappa shape index (κ1) is 23.3. The molecule has 0 bridgehead atoms. The highest BCUT2D eigenvalue weighted by molar-refractivity contribution is 5.95. The third kappa shape index (κ3) is 7.92. The van der Waals surface area contributed by atoms with Crippen LogP contribution in [0.2, 0.25) is 0 Å². The fourth-order valence-electron chi connectivity index (χ4n) is 1.98. The van der Waals surface area contributed by atoms with Crippen LogP contribution in [0.1, 0.15) is 33.6 Å². The van der Waals surface area contributed by atoms with Crippen LogP contribution in [0.3, 0.4) is 0 Å². The van der Waals surface area contributed by atoms with Gasteiger partial charge in [0.1, 0.15) is 18.1 Å². The molecular formula is C15H26N4O7. The first-order valence-corrected chi connectivity index (χ1v) is 8.08. The molecular weight excluding hydrogens is 348 g/mol. The van der Waals surface area contributed by atoms with Crippen molar-refractivity contribution in [3.63, 3.8) is 0 Å². The molecule has 11 nitrogen and oxygen atoms in total. The second kappa shape index (κ2) is 11.0. The van der Waals surface area contributed by atoms with Crippen LogP contribution in [0.5, 0.6) is 0 Å². The van der Waals surface area contributed by atoms with Crippen LogP contribution in [0.4, 0.5) is 0 Å². The molecule has 0 fully saturated rings. The predicted octanol–water partition coefficient (Wildman–Crippen LogP) is -1.98. The summed E-state index contributed by atoms with van der Waals surface area (Å²) in [6.07, 6.45) is -0.280. The number of hydrogen-bond donors (Lipinski definition) is 6. The maximum absolute atomic E-state index is 12.3. The van der Waals surface area contributed by atoms with Crippen LogP contribution in [0.25, 0.3) is 0 Å². The second-order valence-corrected chi connectivity index (χ2v) is 5.86. The van der Waals surface area contributed by atoms with Crippen molar-refractivity contribution >= 4 is 29.7 Å². The summed E-state index contributed by atoms with van der Waals surface area (Å²) >= 11 is 0. The summed E-state index contributed by atoms with van der Waals surface area (Å²) in [4.78, 5) is 57.8. The third-order valence-corrected chi connectivity index (χ3v) is 3.74. The minimum absolute atomic E-state index is 0.341. The Bertz CT molecular complexity index is 552. The second-order valence-electron chi connectivity index (χ2n) is 5.86. The van der Waals surface area contributed by atoms with Gasteiger partial charge in [0, 0.05) is 0 Å². The molecule has 0 aromatic rings. The Morgan fingerprint density at radius 3 is 1.96 bits per heavy atom. The molecule has 0 saturated heterocycles. The van der Waals surface area contributed by atoms with Gasteiger partial charge in [-0.05, 0) is 12.8 Å². The quantitative estimate of drug-likeness (QED) is 0.240. The SMILES string of the molecule is CCC(C)C(NC(=O)C(CC(=O)O)NC(=O)C(C)NC(=O)CN)C(=O)O. The van der Waals surface area contributed by atoms with E-state index >= 15 is 0 Å². The molecule has 0 rings (SSSR count). The summed E-state index contributed by atoms with van der Waals surface area (Å²) < 4.78 is 0. The van der Waals surface area contributed by atoms with E-state index in [9.17, 15) is 29.1 Å². The van der Waals surface area contributed by atoms with Crippen LogP contribution < -0.4 is 21.7 Å². The third-order valence-electron chi connectivity index (χ3n) is 3.74. The minimum Gasteiger partial charge on any atom is -0.481 e. The molecule has 3 amide bonds. The van der Waals surface area contributed by atoms with Crippen LogP contribution in [-0.4, -0.2) is 64.5 Å². The van der Waals surface area contributed by atoms with E-state index in [4.69, 9.17) is 10.8 Å². The molecule has 0 spiro atoms. The van der Waals surface area contributed by atoms with Gasteiger partial charge in [-0.1, -0.05) is 20.3 Å².